The molecule has 210 valence electrons. The lowest BCUT2D eigenvalue weighted by atomic mass is 10.0. The molecular weight excluding hydrogens is 566 g/mol. The Hall–Kier alpha value is -4.68. The van der Waals surface area contributed by atoms with E-state index in [1.54, 1.807) is 31.2 Å². The summed E-state index contributed by atoms with van der Waals surface area (Å²) < 4.78 is 5.46. The van der Waals surface area contributed by atoms with Gasteiger partial charge in [-0.2, -0.15) is 0 Å². The van der Waals surface area contributed by atoms with Gasteiger partial charge < -0.3 is 25.6 Å². The molecule has 41 heavy (non-hydrogen) atoms. The zero-order valence-electron chi connectivity index (χ0n) is 21.9. The van der Waals surface area contributed by atoms with Crippen LogP contribution in [0.5, 0.6) is 5.75 Å². The number of amides is 2. The van der Waals surface area contributed by atoms with Crippen LogP contribution in [0.2, 0.25) is 0 Å². The van der Waals surface area contributed by atoms with Gasteiger partial charge in [-0.15, -0.1) is 23.1 Å². The zero-order chi connectivity index (χ0) is 29.5. The van der Waals surface area contributed by atoms with E-state index in [2.05, 4.69) is 15.6 Å². The van der Waals surface area contributed by atoms with Gasteiger partial charge >= 0.3 is 11.9 Å². The highest BCUT2D eigenvalue weighted by Crippen LogP contribution is 2.29. The van der Waals surface area contributed by atoms with E-state index in [1.165, 1.54) is 29.2 Å². The van der Waals surface area contributed by atoms with E-state index in [1.807, 2.05) is 36.6 Å². The van der Waals surface area contributed by atoms with Gasteiger partial charge in [-0.3, -0.25) is 9.59 Å². The molecule has 0 spiro atoms. The van der Waals surface area contributed by atoms with Crippen molar-refractivity contribution in [2.45, 2.75) is 24.0 Å². The minimum absolute atomic E-state index is 0.179. The molecule has 0 saturated heterocycles. The topological polar surface area (TPSA) is 155 Å². The second-order valence-corrected chi connectivity index (χ2v) is 10.9. The third-order valence-corrected chi connectivity index (χ3v) is 7.56. The fourth-order valence-electron chi connectivity index (χ4n) is 3.71. The Morgan fingerprint density at radius 1 is 0.951 bits per heavy atom. The van der Waals surface area contributed by atoms with Crippen molar-refractivity contribution in [3.05, 3.63) is 88.8 Å². The SMILES string of the molecule is CCOc1ccc(-c2csc(NC(=O)C(C)Sc3cccc(NC(=O)c4ccc(C(=O)O)cc4C(=O)O)c3)n2)cc1. The Bertz CT molecular complexity index is 1600. The number of carboxylic acid groups (broad SMARTS) is 2. The van der Waals surface area contributed by atoms with Crippen LogP contribution in [0, 0.1) is 0 Å². The van der Waals surface area contributed by atoms with Crippen molar-refractivity contribution in [1.29, 1.82) is 0 Å². The van der Waals surface area contributed by atoms with Crippen LogP contribution in [-0.2, 0) is 4.79 Å². The number of hydrogen-bond donors (Lipinski definition) is 4. The number of thioether (sulfide) groups is 1. The molecule has 0 fully saturated rings. The number of nitrogens with zero attached hydrogens (tertiary/aromatic N) is 1. The predicted molar refractivity (Wildman–Crippen MR) is 157 cm³/mol. The first-order valence-electron chi connectivity index (χ1n) is 12.3. The molecule has 4 rings (SSSR count). The van der Waals surface area contributed by atoms with E-state index >= 15 is 0 Å². The average Bonchev–Trinajstić information content (AvgIpc) is 3.41. The first kappa shape index (κ1) is 29.3. The van der Waals surface area contributed by atoms with Gasteiger partial charge in [-0.1, -0.05) is 6.07 Å². The molecule has 4 N–H and O–H groups in total. The molecule has 1 aromatic heterocycles. The van der Waals surface area contributed by atoms with Gasteiger partial charge in [-0.25, -0.2) is 14.6 Å². The number of nitrogens with one attached hydrogen (secondary N) is 2. The van der Waals surface area contributed by atoms with Crippen LogP contribution < -0.4 is 15.4 Å². The number of hydrogen-bond acceptors (Lipinski definition) is 8. The molecule has 0 saturated carbocycles. The maximum atomic E-state index is 12.9. The van der Waals surface area contributed by atoms with Crippen LogP contribution in [0.4, 0.5) is 10.8 Å². The fourth-order valence-corrected chi connectivity index (χ4v) is 5.36. The zero-order valence-corrected chi connectivity index (χ0v) is 23.5. The Kier molecular flexibility index (Phi) is 9.37. The fraction of sp³-hybridized carbons (Fsp3) is 0.138. The lowest BCUT2D eigenvalue weighted by molar-refractivity contribution is -0.115. The Balaban J connectivity index is 1.38. The Labute approximate surface area is 243 Å². The minimum atomic E-state index is -1.42. The smallest absolute Gasteiger partial charge is 0.336 e. The number of aromatic carboxylic acids is 2. The van der Waals surface area contributed by atoms with Crippen LogP contribution in [0.1, 0.15) is 44.9 Å². The van der Waals surface area contributed by atoms with Crippen LogP contribution in [-0.4, -0.2) is 50.8 Å². The highest BCUT2D eigenvalue weighted by Gasteiger charge is 2.20. The van der Waals surface area contributed by atoms with Gasteiger partial charge in [0, 0.05) is 21.5 Å². The van der Waals surface area contributed by atoms with Gasteiger partial charge in [0.15, 0.2) is 5.13 Å². The number of ether oxygens (including phenoxy) is 1. The summed E-state index contributed by atoms with van der Waals surface area (Å²) in [6, 6.07) is 17.6. The van der Waals surface area contributed by atoms with Crippen LogP contribution in [0.25, 0.3) is 11.3 Å². The van der Waals surface area contributed by atoms with Gasteiger partial charge in [-0.05, 0) is 74.5 Å². The maximum Gasteiger partial charge on any atom is 0.336 e. The summed E-state index contributed by atoms with van der Waals surface area (Å²) >= 11 is 2.59. The number of carbonyl (C=O) groups is 4. The number of aromatic nitrogens is 1. The van der Waals surface area contributed by atoms with Crippen LogP contribution >= 0.6 is 23.1 Å². The van der Waals surface area contributed by atoms with Crippen LogP contribution in [0.3, 0.4) is 0 Å². The summed E-state index contributed by atoms with van der Waals surface area (Å²) in [4.78, 5) is 53.7. The summed E-state index contributed by atoms with van der Waals surface area (Å²) in [6.45, 7) is 4.25. The van der Waals surface area contributed by atoms with E-state index in [0.29, 0.717) is 22.3 Å². The summed E-state index contributed by atoms with van der Waals surface area (Å²) in [5.74, 6) is -2.91. The van der Waals surface area contributed by atoms with Gasteiger partial charge in [0.1, 0.15) is 5.75 Å². The molecule has 10 nitrogen and oxygen atoms in total. The summed E-state index contributed by atoms with van der Waals surface area (Å²) in [7, 11) is 0. The predicted octanol–water partition coefficient (Wildman–Crippen LogP) is 5.98. The molecule has 3 aromatic carbocycles. The number of benzene rings is 3. The third-order valence-electron chi connectivity index (χ3n) is 5.71. The van der Waals surface area contributed by atoms with Crippen molar-refractivity contribution < 1.29 is 34.1 Å². The number of carbonyl (C=O) groups excluding carboxylic acids is 2. The minimum Gasteiger partial charge on any atom is -0.494 e. The number of carboxylic acids is 2. The standard InChI is InChI=1S/C29H25N3O7S2/c1-3-39-20-10-7-17(8-11-20)24-15-40-29(31-24)32-25(33)16(2)41-21-6-4-5-19(14-21)30-26(34)22-12-9-18(27(35)36)13-23(22)28(37)38/h4-16H,3H2,1-2H3,(H,30,34)(H,35,36)(H,37,38)(H,31,32,33). The molecule has 0 aliphatic rings. The van der Waals surface area contributed by atoms with E-state index in [0.717, 1.165) is 29.1 Å². The van der Waals surface area contributed by atoms with Crippen molar-refractivity contribution in [1.82, 2.24) is 4.98 Å². The van der Waals surface area contributed by atoms with Crippen molar-refractivity contribution in [3.8, 4) is 17.0 Å². The monoisotopic (exact) mass is 591 g/mol. The maximum absolute atomic E-state index is 12.9. The average molecular weight is 592 g/mol. The van der Waals surface area contributed by atoms with E-state index in [4.69, 9.17) is 9.84 Å². The van der Waals surface area contributed by atoms with Crippen molar-refractivity contribution in [3.63, 3.8) is 0 Å². The Morgan fingerprint density at radius 2 is 1.71 bits per heavy atom. The van der Waals surface area contributed by atoms with E-state index < -0.39 is 28.7 Å². The normalized spacial score (nSPS) is 11.4. The third kappa shape index (κ3) is 7.50. The highest BCUT2D eigenvalue weighted by atomic mass is 32.2. The number of anilines is 2. The quantitative estimate of drug-likeness (QED) is 0.154. The largest absolute Gasteiger partial charge is 0.494 e. The first-order chi connectivity index (χ1) is 19.6. The molecule has 0 radical (unpaired) electrons. The summed E-state index contributed by atoms with van der Waals surface area (Å²) in [6.07, 6.45) is 0. The lowest BCUT2D eigenvalue weighted by Gasteiger charge is -2.12. The van der Waals surface area contributed by atoms with Crippen molar-refractivity contribution in [2.24, 2.45) is 0 Å². The summed E-state index contributed by atoms with van der Waals surface area (Å²) in [5.41, 5.74) is 1.17. The van der Waals surface area contributed by atoms with Crippen molar-refractivity contribution >= 4 is 57.7 Å². The first-order valence-corrected chi connectivity index (χ1v) is 14.1. The highest BCUT2D eigenvalue weighted by molar-refractivity contribution is 8.00. The van der Waals surface area contributed by atoms with Gasteiger partial charge in [0.2, 0.25) is 5.91 Å². The molecule has 0 aliphatic carbocycles. The second-order valence-electron chi connectivity index (χ2n) is 8.60. The van der Waals surface area contributed by atoms with Crippen molar-refractivity contribution in [2.75, 3.05) is 17.2 Å². The van der Waals surface area contributed by atoms with Crippen LogP contribution in [0.15, 0.2) is 77.0 Å². The Morgan fingerprint density at radius 3 is 2.39 bits per heavy atom. The molecule has 4 aromatic rings. The molecule has 1 unspecified atom stereocenters. The molecule has 2 amide bonds. The summed E-state index contributed by atoms with van der Waals surface area (Å²) in [5, 5.41) is 25.9. The molecule has 0 aliphatic heterocycles. The number of rotatable bonds is 11. The van der Waals surface area contributed by atoms with Gasteiger partial charge in [0.05, 0.1) is 34.2 Å². The lowest BCUT2D eigenvalue weighted by Crippen LogP contribution is -2.22. The molecule has 0 bridgehead atoms. The molecule has 1 heterocycles. The van der Waals surface area contributed by atoms with Gasteiger partial charge in [0.25, 0.3) is 5.91 Å². The second kappa shape index (κ2) is 13.1. The number of thiazole rings is 1. The molecular formula is C29H25N3O7S2. The van der Waals surface area contributed by atoms with E-state index in [9.17, 15) is 24.3 Å². The molecule has 12 heteroatoms. The van der Waals surface area contributed by atoms with E-state index in [-0.39, 0.29) is 17.0 Å². The molecule has 1 atom stereocenters.